The van der Waals surface area contributed by atoms with Crippen LogP contribution in [0, 0.1) is 23.7 Å². The molecule has 6 aromatic heterocycles. The van der Waals surface area contributed by atoms with Crippen molar-refractivity contribution >= 4 is 70.1 Å². The first-order chi connectivity index (χ1) is 55.9. The van der Waals surface area contributed by atoms with Crippen molar-refractivity contribution in [1.82, 2.24) is 101 Å². The van der Waals surface area contributed by atoms with Gasteiger partial charge in [-0.2, -0.15) is 0 Å². The molecular weight excluding hydrogens is 1480 g/mol. The lowest BCUT2D eigenvalue weighted by molar-refractivity contribution is -0.136. The zero-order valence-corrected chi connectivity index (χ0v) is 67.2. The Balaban J connectivity index is 0.000000202. The third kappa shape index (κ3) is 17.8. The number of aromatic nitrogens is 12. The molecule has 608 valence electrons. The number of rotatable bonds is 22. The summed E-state index contributed by atoms with van der Waals surface area (Å²) >= 11 is 0. The molecule has 4 aliphatic rings. The predicted molar refractivity (Wildman–Crippen MR) is 432 cm³/mol. The van der Waals surface area contributed by atoms with Crippen LogP contribution in [0.15, 0.2) is 122 Å². The van der Waals surface area contributed by atoms with E-state index in [0.717, 1.165) is 135 Å². The summed E-state index contributed by atoms with van der Waals surface area (Å²) in [4.78, 5) is 161. The van der Waals surface area contributed by atoms with Gasteiger partial charge in [0.15, 0.2) is 0 Å². The first-order valence-electron chi connectivity index (χ1n) is 39.5. The average Bonchev–Trinajstić information content (AvgIpc) is 1.64. The van der Waals surface area contributed by atoms with Crippen LogP contribution in [-0.4, -0.2) is 206 Å². The van der Waals surface area contributed by atoms with E-state index in [1.807, 2.05) is 140 Å². The number of likely N-dealkylation sites (tertiary alicyclic amines) is 4. The van der Waals surface area contributed by atoms with E-state index in [4.69, 9.17) is 38.9 Å². The summed E-state index contributed by atoms with van der Waals surface area (Å²) in [6, 6.07) is 24.0. The number of nitrogens with one attached hydrogen (secondary N) is 8. The minimum absolute atomic E-state index is 0.114. The van der Waals surface area contributed by atoms with Gasteiger partial charge in [0, 0.05) is 48.4 Å². The van der Waals surface area contributed by atoms with Gasteiger partial charge in [-0.05, 0) is 110 Å². The second-order valence-corrected chi connectivity index (χ2v) is 31.0. The zero-order valence-electron chi connectivity index (χ0n) is 67.2. The summed E-state index contributed by atoms with van der Waals surface area (Å²) in [7, 11) is 5.14. The topological polar surface area (TPSA) is 401 Å². The van der Waals surface area contributed by atoms with Crippen molar-refractivity contribution < 1.29 is 57.3 Å². The highest BCUT2D eigenvalue weighted by Gasteiger charge is 2.42. The first kappa shape index (κ1) is 81.4. The lowest BCUT2D eigenvalue weighted by Gasteiger charge is -2.30. The molecule has 32 nitrogen and oxygen atoms in total. The van der Waals surface area contributed by atoms with E-state index in [1.165, 1.54) is 28.4 Å². The van der Waals surface area contributed by atoms with Gasteiger partial charge in [-0.3, -0.25) is 29.1 Å². The van der Waals surface area contributed by atoms with Crippen molar-refractivity contribution in [2.45, 2.75) is 155 Å². The van der Waals surface area contributed by atoms with Gasteiger partial charge >= 0.3 is 24.4 Å². The number of benzene rings is 4. The molecule has 8 N–H and O–H groups in total. The highest BCUT2D eigenvalue weighted by atomic mass is 16.5. The minimum atomic E-state index is -0.709. The highest BCUT2D eigenvalue weighted by molar-refractivity contribution is 5.90. The Labute approximate surface area is 671 Å². The SMILES string of the molecule is COC(=O)N[C@H](C(=O)N1CCC[C@H]1c1ncc(-c2ccc(-c3cnc4cc(-c5cnc([C@@H]6CCCN6C(=O)[C@@H](NC(=O)OC)C(C)C)[nH]5)ccc4n3)cc2)[nH]1)C(C)C.COC(=O)N[C@H](C(=O)N1CCC[C@H]1c1ncc(-c2ccc(-c3cnc4ccc(-c5cnc([C@@H]6CCCN6C(=O)[C@@H](NC(=O)OC)C(C)C)[nH]5)cc4n3)cc2)[nH]1)C(C)C. The Hall–Kier alpha value is -12.6. The van der Waals surface area contributed by atoms with Crippen molar-refractivity contribution in [2.75, 3.05) is 54.6 Å². The molecule has 10 heterocycles. The van der Waals surface area contributed by atoms with Gasteiger partial charge in [0.25, 0.3) is 0 Å². The van der Waals surface area contributed by atoms with Gasteiger partial charge in [-0.15, -0.1) is 0 Å². The summed E-state index contributed by atoms with van der Waals surface area (Å²) in [5, 5.41) is 10.8. The number of nitrogens with zero attached hydrogens (tertiary/aromatic N) is 12. The monoisotopic (exact) mass is 1580 g/mol. The van der Waals surface area contributed by atoms with E-state index in [1.54, 1.807) is 56.8 Å². The van der Waals surface area contributed by atoms with Gasteiger partial charge in [0.2, 0.25) is 23.6 Å². The Morgan fingerprint density at radius 2 is 0.586 bits per heavy atom. The molecule has 32 heteroatoms. The Morgan fingerprint density at radius 1 is 0.328 bits per heavy atom. The molecule has 8 atom stereocenters. The maximum atomic E-state index is 13.6. The average molecular weight is 1580 g/mol. The fraction of sp³-hybridized carbons (Fsp3) is 0.429. The molecule has 4 aliphatic heterocycles. The number of methoxy groups -OCH3 is 4. The number of imidazole rings is 4. The van der Waals surface area contributed by atoms with E-state index in [2.05, 4.69) is 61.1 Å². The van der Waals surface area contributed by atoms with Gasteiger partial charge in [0.1, 0.15) is 47.5 Å². The molecule has 0 bridgehead atoms. The molecule has 8 amide bonds. The van der Waals surface area contributed by atoms with Crippen molar-refractivity contribution in [3.05, 3.63) is 145 Å². The van der Waals surface area contributed by atoms with Crippen LogP contribution < -0.4 is 21.3 Å². The number of hydrogen-bond donors (Lipinski definition) is 8. The molecular formula is C84H100N20O12. The molecule has 4 aromatic carbocycles. The number of alkyl carbamates (subject to hydrolysis) is 4. The number of ether oxygens (including phenoxy) is 4. The van der Waals surface area contributed by atoms with E-state index < -0.39 is 48.5 Å². The lowest BCUT2D eigenvalue weighted by atomic mass is 10.0. The van der Waals surface area contributed by atoms with E-state index in [0.29, 0.717) is 55.2 Å². The quantitative estimate of drug-likeness (QED) is 0.0292. The number of hydrogen-bond acceptors (Lipinski definition) is 20. The molecule has 14 rings (SSSR count). The van der Waals surface area contributed by atoms with Crippen LogP contribution in [0.1, 0.15) is 154 Å². The molecule has 0 radical (unpaired) electrons. The fourth-order valence-electron chi connectivity index (χ4n) is 15.7. The smallest absolute Gasteiger partial charge is 0.407 e. The second kappa shape index (κ2) is 35.8. The number of carbonyl (C=O) groups excluding carboxylic acids is 8. The molecule has 0 spiro atoms. The highest BCUT2D eigenvalue weighted by Crippen LogP contribution is 2.39. The molecule has 4 fully saturated rings. The maximum absolute atomic E-state index is 13.6. The van der Waals surface area contributed by atoms with Crippen LogP contribution >= 0.6 is 0 Å². The second-order valence-electron chi connectivity index (χ2n) is 31.0. The standard InChI is InChI=1S/2C42H50N10O6/c1-23(2)35(49-41(55)57-5)39(53)51-17-7-9-33(51)37-44-21-31(47-37)26-13-11-25(12-14-26)30-20-43-29-19-27(15-16-28(29)46-30)32-22-45-38(48-32)34-10-8-18-52(34)40(54)36(24(3)4)50-42(56)58-6;1-23(2)35(49-41(55)57-5)39(53)51-17-7-9-33(51)37-44-21-31(47-37)26-13-11-25(12-14-26)30-20-43-28-16-15-27(19-29(28)46-30)32-22-45-38(48-32)34-10-8-18-52(34)40(54)36(24(3)4)50-42(56)58-6/h2*11-16,19-24,33-36H,7-10,17-18H2,1-6H3,(H,44,47)(H,45,48)(H,49,55)(H,50,56)/t2*33-,34-,35-,36-/m00/s1. The van der Waals surface area contributed by atoms with Crippen LogP contribution in [0.2, 0.25) is 0 Å². The molecule has 10 aromatic rings. The van der Waals surface area contributed by atoms with E-state index in [9.17, 15) is 38.4 Å². The van der Waals surface area contributed by atoms with E-state index in [-0.39, 0.29) is 71.5 Å². The number of H-pyrrole nitrogens is 4. The molecule has 0 aliphatic carbocycles. The molecule has 4 saturated heterocycles. The Bertz CT molecular complexity index is 5210. The largest absolute Gasteiger partial charge is 0.453 e. The Morgan fingerprint density at radius 3 is 0.888 bits per heavy atom. The van der Waals surface area contributed by atoms with Crippen molar-refractivity contribution in [3.8, 4) is 67.5 Å². The number of carbonyl (C=O) groups is 8. The first-order valence-corrected chi connectivity index (χ1v) is 39.5. The number of amides is 8. The summed E-state index contributed by atoms with van der Waals surface area (Å²) < 4.78 is 19.0. The minimum Gasteiger partial charge on any atom is -0.453 e. The number of aromatic amines is 4. The van der Waals surface area contributed by atoms with Crippen molar-refractivity contribution in [1.29, 1.82) is 0 Å². The van der Waals surface area contributed by atoms with E-state index >= 15 is 0 Å². The summed E-state index contributed by atoms with van der Waals surface area (Å²) in [5.41, 5.74) is 13.1. The summed E-state index contributed by atoms with van der Waals surface area (Å²) in [5.74, 6) is 1.70. The van der Waals surface area contributed by atoms with Crippen LogP contribution in [0.25, 0.3) is 89.6 Å². The molecule has 0 unspecified atom stereocenters. The van der Waals surface area contributed by atoms with Gasteiger partial charge in [0.05, 0.1) is 146 Å². The number of fused-ring (bicyclic) bond motifs is 2. The third-order valence-corrected chi connectivity index (χ3v) is 22.0. The third-order valence-electron chi connectivity index (χ3n) is 22.0. The van der Waals surface area contributed by atoms with Crippen molar-refractivity contribution in [3.63, 3.8) is 0 Å². The predicted octanol–water partition coefficient (Wildman–Crippen LogP) is 12.3. The van der Waals surface area contributed by atoms with Gasteiger partial charge in [-0.25, -0.2) is 49.1 Å². The zero-order chi connectivity index (χ0) is 82.2. The van der Waals surface area contributed by atoms with Crippen LogP contribution in [0.3, 0.4) is 0 Å². The summed E-state index contributed by atoms with van der Waals surface area (Å²) in [6.07, 6.45) is 14.5. The molecule has 0 saturated carbocycles. The Kier molecular flexibility index (Phi) is 25.1. The maximum Gasteiger partial charge on any atom is 0.407 e. The lowest BCUT2D eigenvalue weighted by Crippen LogP contribution is -2.51. The van der Waals surface area contributed by atoms with Gasteiger partial charge < -0.3 is 79.8 Å². The van der Waals surface area contributed by atoms with Crippen LogP contribution in [0.4, 0.5) is 19.2 Å². The fourth-order valence-corrected chi connectivity index (χ4v) is 15.7. The molecule has 116 heavy (non-hydrogen) atoms. The van der Waals surface area contributed by atoms with Crippen LogP contribution in [0.5, 0.6) is 0 Å². The normalized spacial score (nSPS) is 17.8. The summed E-state index contributed by atoms with van der Waals surface area (Å²) in [6.45, 7) is 17.5. The van der Waals surface area contributed by atoms with Gasteiger partial charge in [-0.1, -0.05) is 116 Å². The van der Waals surface area contributed by atoms with Crippen LogP contribution in [-0.2, 0) is 38.1 Å². The van der Waals surface area contributed by atoms with Crippen molar-refractivity contribution in [2.24, 2.45) is 23.7 Å².